The van der Waals surface area contributed by atoms with Crippen LogP contribution in [0.4, 0.5) is 11.6 Å². The van der Waals surface area contributed by atoms with Crippen LogP contribution in [-0.2, 0) is 16.1 Å². The van der Waals surface area contributed by atoms with Gasteiger partial charge in [-0.3, -0.25) is 4.79 Å². The van der Waals surface area contributed by atoms with E-state index < -0.39 is 5.91 Å². The van der Waals surface area contributed by atoms with Crippen molar-refractivity contribution in [1.82, 2.24) is 9.97 Å². The highest BCUT2D eigenvalue weighted by molar-refractivity contribution is 5.79. The maximum absolute atomic E-state index is 10.9. The number of hydrogen-bond donors (Lipinski definition) is 2. The smallest absolute Gasteiger partial charge is 0.236 e. The average Bonchev–Trinajstić information content (AvgIpc) is 2.35. The van der Waals surface area contributed by atoms with E-state index in [2.05, 4.69) is 15.3 Å². The van der Waals surface area contributed by atoms with E-state index in [0.717, 1.165) is 6.54 Å². The van der Waals surface area contributed by atoms with Gasteiger partial charge in [-0.25, -0.2) is 9.97 Å². The molecule has 106 valence electrons. The zero-order valence-electron chi connectivity index (χ0n) is 11.6. The summed E-state index contributed by atoms with van der Waals surface area (Å²) in [5, 5.41) is 3.12. The molecule has 7 heteroatoms. The van der Waals surface area contributed by atoms with Crippen molar-refractivity contribution in [2.24, 2.45) is 5.73 Å². The number of carbonyl (C=O) groups is 1. The molecule has 0 aromatic carbocycles. The zero-order chi connectivity index (χ0) is 14.3. The third-order valence-electron chi connectivity index (χ3n) is 2.34. The monoisotopic (exact) mass is 267 g/mol. The molecule has 19 heavy (non-hydrogen) atoms. The maximum Gasteiger partial charge on any atom is 0.236 e. The van der Waals surface area contributed by atoms with E-state index in [1.807, 2.05) is 13.8 Å². The lowest BCUT2D eigenvalue weighted by atomic mass is 10.4. The van der Waals surface area contributed by atoms with Crippen LogP contribution in [0.3, 0.4) is 0 Å². The van der Waals surface area contributed by atoms with Crippen molar-refractivity contribution in [3.05, 3.63) is 11.9 Å². The highest BCUT2D eigenvalue weighted by Gasteiger charge is 2.10. The van der Waals surface area contributed by atoms with Gasteiger partial charge in [0.1, 0.15) is 18.2 Å². The van der Waals surface area contributed by atoms with Gasteiger partial charge in [-0.2, -0.15) is 0 Å². The van der Waals surface area contributed by atoms with Gasteiger partial charge in [0, 0.05) is 26.3 Å². The van der Waals surface area contributed by atoms with Gasteiger partial charge >= 0.3 is 0 Å². The maximum atomic E-state index is 10.9. The molecule has 0 aliphatic rings. The summed E-state index contributed by atoms with van der Waals surface area (Å²) >= 11 is 0. The number of anilines is 2. The number of rotatable bonds is 8. The number of nitrogens with zero attached hydrogens (tertiary/aromatic N) is 3. The molecule has 0 unspecified atom stereocenters. The Morgan fingerprint density at radius 1 is 1.47 bits per heavy atom. The summed E-state index contributed by atoms with van der Waals surface area (Å²) in [6, 6.07) is 1.78. The number of nitrogens with one attached hydrogen (secondary N) is 1. The lowest BCUT2D eigenvalue weighted by Crippen LogP contribution is -2.31. The number of carbonyl (C=O) groups excluding carboxylic acids is 1. The molecule has 0 saturated carbocycles. The number of aromatic nitrogens is 2. The first-order valence-electron chi connectivity index (χ1n) is 6.25. The van der Waals surface area contributed by atoms with Gasteiger partial charge in [0.2, 0.25) is 5.91 Å². The van der Waals surface area contributed by atoms with Crippen LogP contribution in [0.25, 0.3) is 0 Å². The first-order valence-corrected chi connectivity index (χ1v) is 6.25. The zero-order valence-corrected chi connectivity index (χ0v) is 11.6. The number of hydrogen-bond acceptors (Lipinski definition) is 6. The summed E-state index contributed by atoms with van der Waals surface area (Å²) in [6.45, 7) is 5.69. The third-order valence-corrected chi connectivity index (χ3v) is 2.34. The van der Waals surface area contributed by atoms with Crippen LogP contribution in [0.15, 0.2) is 6.07 Å². The molecular weight excluding hydrogens is 246 g/mol. The molecule has 0 bridgehead atoms. The number of nitrogens with two attached hydrogens (primary N) is 1. The van der Waals surface area contributed by atoms with Gasteiger partial charge in [0.15, 0.2) is 5.82 Å². The summed E-state index contributed by atoms with van der Waals surface area (Å²) in [6.07, 6.45) is 0. The third kappa shape index (κ3) is 5.09. The minimum atomic E-state index is -0.405. The summed E-state index contributed by atoms with van der Waals surface area (Å²) in [5.41, 5.74) is 5.18. The van der Waals surface area contributed by atoms with Crippen LogP contribution < -0.4 is 16.0 Å². The molecule has 3 N–H and O–H groups in total. The van der Waals surface area contributed by atoms with Crippen LogP contribution in [-0.4, -0.2) is 42.6 Å². The summed E-state index contributed by atoms with van der Waals surface area (Å²) < 4.78 is 5.31. The molecule has 7 nitrogen and oxygen atoms in total. The van der Waals surface area contributed by atoms with Crippen LogP contribution in [0.1, 0.15) is 19.7 Å². The SMILES string of the molecule is CCNc1cc(N(C)CC(N)=O)nc(COCC)n1. The fourth-order valence-corrected chi connectivity index (χ4v) is 1.52. The van der Waals surface area contributed by atoms with E-state index in [1.165, 1.54) is 0 Å². The molecular formula is C12H21N5O2. The predicted octanol–water partition coefficient (Wildman–Crippen LogP) is 0.366. The molecule has 0 aliphatic carbocycles. The fraction of sp³-hybridized carbons (Fsp3) is 0.583. The molecule has 0 fully saturated rings. The summed E-state index contributed by atoms with van der Waals surface area (Å²) in [4.78, 5) is 21.3. The van der Waals surface area contributed by atoms with Gasteiger partial charge in [0.05, 0.1) is 6.54 Å². The highest BCUT2D eigenvalue weighted by Crippen LogP contribution is 2.15. The van der Waals surface area contributed by atoms with E-state index in [4.69, 9.17) is 10.5 Å². The summed E-state index contributed by atoms with van der Waals surface area (Å²) in [7, 11) is 1.76. The fourth-order valence-electron chi connectivity index (χ4n) is 1.52. The molecule has 0 atom stereocenters. The molecule has 0 aliphatic heterocycles. The van der Waals surface area contributed by atoms with Crippen LogP contribution in [0.2, 0.25) is 0 Å². The second-order valence-corrected chi connectivity index (χ2v) is 4.02. The van der Waals surface area contributed by atoms with Crippen molar-refractivity contribution in [3.8, 4) is 0 Å². The van der Waals surface area contributed by atoms with Crippen LogP contribution >= 0.6 is 0 Å². The Morgan fingerprint density at radius 2 is 2.21 bits per heavy atom. The van der Waals surface area contributed by atoms with Crippen LogP contribution in [0.5, 0.6) is 0 Å². The number of ether oxygens (including phenoxy) is 1. The summed E-state index contributed by atoms with van der Waals surface area (Å²) in [5.74, 6) is 1.52. The molecule has 0 spiro atoms. The minimum absolute atomic E-state index is 0.108. The van der Waals surface area contributed by atoms with Gasteiger partial charge in [-0.1, -0.05) is 0 Å². The number of primary amides is 1. The van der Waals surface area contributed by atoms with Crippen molar-refractivity contribution in [3.63, 3.8) is 0 Å². The Bertz CT molecular complexity index is 425. The molecule has 1 rings (SSSR count). The lowest BCUT2D eigenvalue weighted by molar-refractivity contribution is -0.116. The quantitative estimate of drug-likeness (QED) is 0.706. The van der Waals surface area contributed by atoms with Crippen molar-refractivity contribution < 1.29 is 9.53 Å². The standard InChI is InChI=1S/C12H21N5O2/c1-4-14-10-6-12(17(3)7-9(13)18)16-11(15-10)8-19-5-2/h6H,4-5,7-8H2,1-3H3,(H2,13,18)(H,14,15,16). The first kappa shape index (κ1) is 15.2. The molecule has 1 heterocycles. The van der Waals surface area contributed by atoms with Crippen molar-refractivity contribution >= 4 is 17.5 Å². The topological polar surface area (TPSA) is 93.4 Å². The van der Waals surface area contributed by atoms with Crippen molar-refractivity contribution in [2.45, 2.75) is 20.5 Å². The average molecular weight is 267 g/mol. The largest absolute Gasteiger partial charge is 0.374 e. The van der Waals surface area contributed by atoms with Crippen molar-refractivity contribution in [2.75, 3.05) is 37.0 Å². The highest BCUT2D eigenvalue weighted by atomic mass is 16.5. The Balaban J connectivity index is 2.94. The normalized spacial score (nSPS) is 10.3. The number of likely N-dealkylation sites (N-methyl/N-ethyl adjacent to an activating group) is 1. The Hall–Kier alpha value is -1.89. The van der Waals surface area contributed by atoms with Crippen LogP contribution in [0, 0.1) is 0 Å². The van der Waals surface area contributed by atoms with Gasteiger partial charge in [0.25, 0.3) is 0 Å². The van der Waals surface area contributed by atoms with E-state index in [9.17, 15) is 4.79 Å². The second kappa shape index (κ2) is 7.52. The van der Waals surface area contributed by atoms with E-state index >= 15 is 0 Å². The molecule has 1 aromatic heterocycles. The molecule has 1 aromatic rings. The van der Waals surface area contributed by atoms with E-state index in [-0.39, 0.29) is 6.54 Å². The van der Waals surface area contributed by atoms with E-state index in [0.29, 0.717) is 30.7 Å². The molecule has 0 saturated heterocycles. The lowest BCUT2D eigenvalue weighted by Gasteiger charge is -2.18. The molecule has 0 radical (unpaired) electrons. The van der Waals surface area contributed by atoms with Crippen molar-refractivity contribution in [1.29, 1.82) is 0 Å². The van der Waals surface area contributed by atoms with Gasteiger partial charge < -0.3 is 20.7 Å². The Kier molecular flexibility index (Phi) is 6.01. The number of amides is 1. The Labute approximate surface area is 113 Å². The Morgan fingerprint density at radius 3 is 2.79 bits per heavy atom. The van der Waals surface area contributed by atoms with E-state index in [1.54, 1.807) is 18.0 Å². The minimum Gasteiger partial charge on any atom is -0.374 e. The van der Waals surface area contributed by atoms with Gasteiger partial charge in [-0.05, 0) is 13.8 Å². The van der Waals surface area contributed by atoms with Gasteiger partial charge in [-0.15, -0.1) is 0 Å². The second-order valence-electron chi connectivity index (χ2n) is 4.02. The molecule has 1 amide bonds. The predicted molar refractivity (Wildman–Crippen MR) is 74.0 cm³/mol. The first-order chi connectivity index (χ1) is 9.06.